The Morgan fingerprint density at radius 2 is 1.85 bits per heavy atom. The van der Waals surface area contributed by atoms with Gasteiger partial charge >= 0.3 is 0 Å². The van der Waals surface area contributed by atoms with Gasteiger partial charge in [-0.25, -0.2) is 0 Å². The molecule has 0 aliphatic carbocycles. The second-order valence-corrected chi connectivity index (χ2v) is 4.46. The number of hydrogen-bond acceptors (Lipinski definition) is 4. The topological polar surface area (TPSA) is 89.8 Å². The summed E-state index contributed by atoms with van der Waals surface area (Å²) in [7, 11) is 0. The van der Waals surface area contributed by atoms with Gasteiger partial charge in [-0.2, -0.15) is 0 Å². The Bertz CT molecular complexity index is 638. The highest BCUT2D eigenvalue weighted by atomic mass is 16.3. The molecule has 0 heterocycles. The predicted octanol–water partition coefficient (Wildman–Crippen LogP) is 2.40. The first-order valence-electron chi connectivity index (χ1n) is 6.08. The number of carbonyl (C=O) groups is 1. The molecule has 1 unspecified atom stereocenters. The SMILES string of the molecule is CC(O)c1cccc(NC(=O)c2ccc(O)c(O)c2)c1. The van der Waals surface area contributed by atoms with Crippen LogP contribution in [0.15, 0.2) is 42.5 Å². The highest BCUT2D eigenvalue weighted by Crippen LogP contribution is 2.25. The van der Waals surface area contributed by atoms with Gasteiger partial charge in [-0.3, -0.25) is 4.79 Å². The minimum atomic E-state index is -0.621. The number of benzene rings is 2. The summed E-state index contributed by atoms with van der Waals surface area (Å²) in [5.41, 5.74) is 1.46. The van der Waals surface area contributed by atoms with Crippen LogP contribution in [0.1, 0.15) is 28.9 Å². The molecule has 0 bridgehead atoms. The molecule has 0 spiro atoms. The molecule has 5 heteroatoms. The lowest BCUT2D eigenvalue weighted by molar-refractivity contribution is 0.102. The molecule has 1 atom stereocenters. The number of hydrogen-bond donors (Lipinski definition) is 4. The lowest BCUT2D eigenvalue weighted by atomic mass is 10.1. The van der Waals surface area contributed by atoms with E-state index in [0.29, 0.717) is 11.3 Å². The van der Waals surface area contributed by atoms with Crippen molar-refractivity contribution in [1.82, 2.24) is 0 Å². The van der Waals surface area contributed by atoms with Gasteiger partial charge in [0.2, 0.25) is 0 Å². The van der Waals surface area contributed by atoms with E-state index in [1.165, 1.54) is 18.2 Å². The average Bonchev–Trinajstić information content (AvgIpc) is 2.42. The van der Waals surface area contributed by atoms with Crippen molar-refractivity contribution in [2.45, 2.75) is 13.0 Å². The Kier molecular flexibility index (Phi) is 3.91. The molecular weight excluding hydrogens is 258 g/mol. The summed E-state index contributed by atoms with van der Waals surface area (Å²) in [4.78, 5) is 12.0. The molecular formula is C15H15NO4. The zero-order chi connectivity index (χ0) is 14.7. The molecule has 2 aromatic rings. The van der Waals surface area contributed by atoms with Gasteiger partial charge in [0.1, 0.15) is 0 Å². The van der Waals surface area contributed by atoms with Crippen molar-refractivity contribution in [2.24, 2.45) is 0 Å². The minimum Gasteiger partial charge on any atom is -0.504 e. The standard InChI is InChI=1S/C15H15NO4/c1-9(17)10-3-2-4-12(7-10)16-15(20)11-5-6-13(18)14(19)8-11/h2-9,17-19H,1H3,(H,16,20). The number of carbonyl (C=O) groups excluding carboxylic acids is 1. The van der Waals surface area contributed by atoms with Gasteiger partial charge < -0.3 is 20.6 Å². The number of nitrogens with one attached hydrogen (secondary N) is 1. The first-order valence-corrected chi connectivity index (χ1v) is 6.08. The maximum Gasteiger partial charge on any atom is 0.255 e. The molecule has 4 N–H and O–H groups in total. The lowest BCUT2D eigenvalue weighted by Gasteiger charge is -2.09. The van der Waals surface area contributed by atoms with E-state index < -0.39 is 12.0 Å². The Labute approximate surface area is 116 Å². The zero-order valence-corrected chi connectivity index (χ0v) is 10.9. The van der Waals surface area contributed by atoms with Crippen LogP contribution in [0.3, 0.4) is 0 Å². The van der Waals surface area contributed by atoms with Crippen LogP contribution in [0, 0.1) is 0 Å². The summed E-state index contributed by atoms with van der Waals surface area (Å²) in [5, 5.41) is 30.7. The van der Waals surface area contributed by atoms with Crippen LogP contribution in [0.25, 0.3) is 0 Å². The number of aliphatic hydroxyl groups excluding tert-OH is 1. The van der Waals surface area contributed by atoms with Crippen molar-refractivity contribution in [3.8, 4) is 11.5 Å². The van der Waals surface area contributed by atoms with Gasteiger partial charge in [0.15, 0.2) is 11.5 Å². The maximum atomic E-state index is 12.0. The molecule has 5 nitrogen and oxygen atoms in total. The predicted molar refractivity (Wildman–Crippen MR) is 74.8 cm³/mol. The van der Waals surface area contributed by atoms with Crippen LogP contribution >= 0.6 is 0 Å². The van der Waals surface area contributed by atoms with E-state index in [-0.39, 0.29) is 17.1 Å². The normalized spacial score (nSPS) is 11.9. The third-order valence-corrected chi connectivity index (χ3v) is 2.86. The van der Waals surface area contributed by atoms with Crippen LogP contribution < -0.4 is 5.32 Å². The Hall–Kier alpha value is -2.53. The fraction of sp³-hybridized carbons (Fsp3) is 0.133. The first-order chi connectivity index (χ1) is 9.47. The van der Waals surface area contributed by atoms with Crippen molar-refractivity contribution in [2.75, 3.05) is 5.32 Å². The minimum absolute atomic E-state index is 0.225. The summed E-state index contributed by atoms with van der Waals surface area (Å²) in [6, 6.07) is 10.7. The number of phenols is 2. The largest absolute Gasteiger partial charge is 0.504 e. The number of anilines is 1. The number of amides is 1. The van der Waals surface area contributed by atoms with Crippen molar-refractivity contribution in [3.63, 3.8) is 0 Å². The number of aliphatic hydroxyl groups is 1. The summed E-state index contributed by atoms with van der Waals surface area (Å²) >= 11 is 0. The molecule has 0 aliphatic rings. The number of phenolic OH excluding ortho intramolecular Hbond substituents is 2. The Morgan fingerprint density at radius 3 is 2.50 bits per heavy atom. The smallest absolute Gasteiger partial charge is 0.255 e. The van der Waals surface area contributed by atoms with Gasteiger partial charge in [0.05, 0.1) is 6.10 Å². The average molecular weight is 273 g/mol. The summed E-state index contributed by atoms with van der Waals surface area (Å²) < 4.78 is 0. The van der Waals surface area contributed by atoms with Crippen LogP contribution in [-0.4, -0.2) is 21.2 Å². The third-order valence-electron chi connectivity index (χ3n) is 2.86. The van der Waals surface area contributed by atoms with E-state index in [9.17, 15) is 20.1 Å². The van der Waals surface area contributed by atoms with Gasteiger partial charge in [-0.1, -0.05) is 12.1 Å². The van der Waals surface area contributed by atoms with Crippen LogP contribution in [0.2, 0.25) is 0 Å². The molecule has 2 aromatic carbocycles. The molecule has 0 saturated heterocycles. The quantitative estimate of drug-likeness (QED) is 0.646. The fourth-order valence-corrected chi connectivity index (χ4v) is 1.74. The summed E-state index contributed by atoms with van der Waals surface area (Å²) in [6.07, 6.45) is -0.621. The molecule has 0 aliphatic heterocycles. The van der Waals surface area contributed by atoms with Crippen molar-refractivity contribution < 1.29 is 20.1 Å². The zero-order valence-electron chi connectivity index (χ0n) is 10.9. The molecule has 0 aromatic heterocycles. The molecule has 2 rings (SSSR count). The van der Waals surface area contributed by atoms with E-state index >= 15 is 0 Å². The molecule has 0 radical (unpaired) electrons. The number of rotatable bonds is 3. The lowest BCUT2D eigenvalue weighted by Crippen LogP contribution is -2.12. The first kappa shape index (κ1) is 13.9. The molecule has 20 heavy (non-hydrogen) atoms. The van der Waals surface area contributed by atoms with Crippen molar-refractivity contribution in [3.05, 3.63) is 53.6 Å². The van der Waals surface area contributed by atoms with E-state index in [1.54, 1.807) is 31.2 Å². The van der Waals surface area contributed by atoms with Crippen LogP contribution in [-0.2, 0) is 0 Å². The van der Waals surface area contributed by atoms with Gasteiger partial charge in [0, 0.05) is 11.3 Å². The Balaban J connectivity index is 2.19. The van der Waals surface area contributed by atoms with Gasteiger partial charge in [-0.15, -0.1) is 0 Å². The second-order valence-electron chi connectivity index (χ2n) is 4.46. The molecule has 1 amide bonds. The van der Waals surface area contributed by atoms with E-state index in [2.05, 4.69) is 5.32 Å². The van der Waals surface area contributed by atoms with Crippen LogP contribution in [0.5, 0.6) is 11.5 Å². The molecule has 0 saturated carbocycles. The summed E-state index contributed by atoms with van der Waals surface area (Å²) in [5.74, 6) is -1.05. The highest BCUT2D eigenvalue weighted by Gasteiger charge is 2.10. The van der Waals surface area contributed by atoms with Crippen molar-refractivity contribution >= 4 is 11.6 Å². The second kappa shape index (κ2) is 5.63. The number of aromatic hydroxyl groups is 2. The van der Waals surface area contributed by atoms with Gasteiger partial charge in [-0.05, 0) is 42.8 Å². The fourth-order valence-electron chi connectivity index (χ4n) is 1.74. The molecule has 104 valence electrons. The Morgan fingerprint density at radius 1 is 1.10 bits per heavy atom. The van der Waals surface area contributed by atoms with E-state index in [4.69, 9.17) is 0 Å². The van der Waals surface area contributed by atoms with Gasteiger partial charge in [0.25, 0.3) is 5.91 Å². The van der Waals surface area contributed by atoms with E-state index in [1.807, 2.05) is 0 Å². The third kappa shape index (κ3) is 3.07. The monoisotopic (exact) mass is 273 g/mol. The maximum absolute atomic E-state index is 12.0. The van der Waals surface area contributed by atoms with E-state index in [0.717, 1.165) is 0 Å². The molecule has 0 fully saturated rings. The van der Waals surface area contributed by atoms with Crippen LogP contribution in [0.4, 0.5) is 5.69 Å². The van der Waals surface area contributed by atoms with Crippen molar-refractivity contribution in [1.29, 1.82) is 0 Å². The highest BCUT2D eigenvalue weighted by molar-refractivity contribution is 6.04. The summed E-state index contributed by atoms with van der Waals surface area (Å²) in [6.45, 7) is 1.64.